The number of carbonyl (C=O) groups is 1. The SMILES string of the molecule is COc1ncccc1C(=O)Nc1nc2c(s1)CC(c1ccccc1)CC2. The van der Waals surface area contributed by atoms with Gasteiger partial charge in [0.15, 0.2) is 5.13 Å². The zero-order chi connectivity index (χ0) is 17.9. The predicted octanol–water partition coefficient (Wildman–Crippen LogP) is 4.07. The van der Waals surface area contributed by atoms with Crippen molar-refractivity contribution in [3.05, 3.63) is 70.4 Å². The van der Waals surface area contributed by atoms with Crippen LogP contribution in [0, 0.1) is 0 Å². The molecule has 3 aromatic rings. The van der Waals surface area contributed by atoms with Gasteiger partial charge in [-0.15, -0.1) is 11.3 Å². The number of pyridine rings is 1. The Hall–Kier alpha value is -2.73. The van der Waals surface area contributed by atoms with Gasteiger partial charge in [0.05, 0.1) is 12.8 Å². The van der Waals surface area contributed by atoms with E-state index in [1.165, 1.54) is 17.6 Å². The molecule has 1 aromatic carbocycles. The van der Waals surface area contributed by atoms with Gasteiger partial charge in [-0.1, -0.05) is 30.3 Å². The summed E-state index contributed by atoms with van der Waals surface area (Å²) < 4.78 is 5.16. The Labute approximate surface area is 156 Å². The van der Waals surface area contributed by atoms with E-state index in [4.69, 9.17) is 4.74 Å². The van der Waals surface area contributed by atoms with E-state index in [1.54, 1.807) is 29.7 Å². The van der Waals surface area contributed by atoms with Gasteiger partial charge in [0.2, 0.25) is 5.88 Å². The summed E-state index contributed by atoms with van der Waals surface area (Å²) >= 11 is 1.57. The third kappa shape index (κ3) is 3.32. The van der Waals surface area contributed by atoms with Crippen LogP contribution >= 0.6 is 11.3 Å². The second kappa shape index (κ2) is 7.25. The number of hydrogen-bond acceptors (Lipinski definition) is 5. The molecule has 1 aliphatic rings. The summed E-state index contributed by atoms with van der Waals surface area (Å²) in [4.78, 5) is 22.5. The van der Waals surface area contributed by atoms with E-state index in [0.717, 1.165) is 25.0 Å². The van der Waals surface area contributed by atoms with Crippen LogP contribution in [-0.2, 0) is 12.8 Å². The summed E-state index contributed by atoms with van der Waals surface area (Å²) in [6.07, 6.45) is 4.60. The molecule has 1 aliphatic carbocycles. The lowest BCUT2D eigenvalue weighted by Crippen LogP contribution is -2.13. The molecule has 1 amide bonds. The monoisotopic (exact) mass is 365 g/mol. The Bertz CT molecular complexity index is 924. The van der Waals surface area contributed by atoms with E-state index in [-0.39, 0.29) is 5.91 Å². The normalized spacial score (nSPS) is 16.0. The largest absolute Gasteiger partial charge is 0.480 e. The van der Waals surface area contributed by atoms with Crippen LogP contribution in [0.4, 0.5) is 5.13 Å². The molecular formula is C20H19N3O2S. The van der Waals surface area contributed by atoms with Crippen molar-refractivity contribution in [2.45, 2.75) is 25.2 Å². The number of fused-ring (bicyclic) bond motifs is 1. The maximum Gasteiger partial charge on any atom is 0.262 e. The summed E-state index contributed by atoms with van der Waals surface area (Å²) in [6, 6.07) is 14.0. The number of rotatable bonds is 4. The lowest BCUT2D eigenvalue weighted by Gasteiger charge is -2.21. The number of aromatic nitrogens is 2. The lowest BCUT2D eigenvalue weighted by molar-refractivity contribution is 0.102. The Morgan fingerprint density at radius 1 is 1.23 bits per heavy atom. The summed E-state index contributed by atoms with van der Waals surface area (Å²) in [5, 5.41) is 3.53. The molecule has 6 heteroatoms. The number of carbonyl (C=O) groups excluding carboxylic acids is 1. The molecule has 0 radical (unpaired) electrons. The zero-order valence-electron chi connectivity index (χ0n) is 14.4. The van der Waals surface area contributed by atoms with E-state index >= 15 is 0 Å². The van der Waals surface area contributed by atoms with Gasteiger partial charge in [-0.2, -0.15) is 0 Å². The highest BCUT2D eigenvalue weighted by Gasteiger charge is 2.24. The number of anilines is 1. The van der Waals surface area contributed by atoms with Gasteiger partial charge in [-0.25, -0.2) is 9.97 Å². The van der Waals surface area contributed by atoms with Crippen LogP contribution in [0.1, 0.15) is 38.8 Å². The molecule has 2 heterocycles. The number of methoxy groups -OCH3 is 1. The maximum atomic E-state index is 12.5. The Kier molecular flexibility index (Phi) is 4.67. The van der Waals surface area contributed by atoms with Gasteiger partial charge in [0.25, 0.3) is 5.91 Å². The third-order valence-electron chi connectivity index (χ3n) is 4.64. The molecule has 1 atom stereocenters. The minimum Gasteiger partial charge on any atom is -0.480 e. The van der Waals surface area contributed by atoms with E-state index in [0.29, 0.717) is 22.5 Å². The number of thiazole rings is 1. The first-order valence-corrected chi connectivity index (χ1v) is 9.40. The van der Waals surface area contributed by atoms with Gasteiger partial charge >= 0.3 is 0 Å². The highest BCUT2D eigenvalue weighted by atomic mass is 32.1. The van der Waals surface area contributed by atoms with Crippen molar-refractivity contribution in [3.8, 4) is 5.88 Å². The van der Waals surface area contributed by atoms with Gasteiger partial charge in [0.1, 0.15) is 5.56 Å². The fraction of sp³-hybridized carbons (Fsp3) is 0.250. The standard InChI is InChI=1S/C20H19N3O2S/c1-25-19-15(8-5-11-21-19)18(24)23-20-22-16-10-9-14(12-17(16)26-20)13-6-3-2-4-7-13/h2-8,11,14H,9-10,12H2,1H3,(H,22,23,24). The Morgan fingerprint density at radius 3 is 2.88 bits per heavy atom. The molecule has 1 unspecified atom stereocenters. The quantitative estimate of drug-likeness (QED) is 0.757. The molecule has 0 saturated heterocycles. The minimum absolute atomic E-state index is 0.249. The molecule has 0 saturated carbocycles. The number of amides is 1. The van der Waals surface area contributed by atoms with Gasteiger partial charge < -0.3 is 4.74 Å². The van der Waals surface area contributed by atoms with Crippen molar-refractivity contribution in [3.63, 3.8) is 0 Å². The second-order valence-electron chi connectivity index (χ2n) is 6.25. The summed E-state index contributed by atoms with van der Waals surface area (Å²) in [5.41, 5.74) is 2.89. The molecular weight excluding hydrogens is 346 g/mol. The van der Waals surface area contributed by atoms with Gasteiger partial charge in [0, 0.05) is 11.1 Å². The fourth-order valence-corrected chi connectivity index (χ4v) is 4.41. The predicted molar refractivity (Wildman–Crippen MR) is 102 cm³/mol. The van der Waals surface area contributed by atoms with Crippen molar-refractivity contribution in [2.24, 2.45) is 0 Å². The number of aryl methyl sites for hydroxylation is 1. The van der Waals surface area contributed by atoms with Gasteiger partial charge in [-0.05, 0) is 42.9 Å². The molecule has 0 bridgehead atoms. The first kappa shape index (κ1) is 16.7. The van der Waals surface area contributed by atoms with E-state index in [2.05, 4.69) is 39.6 Å². The molecule has 132 valence electrons. The molecule has 4 rings (SSSR count). The highest BCUT2D eigenvalue weighted by Crippen LogP contribution is 2.37. The molecule has 5 nitrogen and oxygen atoms in total. The number of benzene rings is 1. The first-order chi connectivity index (χ1) is 12.7. The van der Waals surface area contributed by atoms with Crippen molar-refractivity contribution in [1.29, 1.82) is 0 Å². The van der Waals surface area contributed by atoms with Crippen molar-refractivity contribution >= 4 is 22.4 Å². The average molecular weight is 365 g/mol. The summed E-state index contributed by atoms with van der Waals surface area (Å²) in [6.45, 7) is 0. The number of ether oxygens (including phenoxy) is 1. The van der Waals surface area contributed by atoms with Gasteiger partial charge in [-0.3, -0.25) is 10.1 Å². The fourth-order valence-electron chi connectivity index (χ4n) is 3.33. The van der Waals surface area contributed by atoms with Crippen molar-refractivity contribution in [2.75, 3.05) is 12.4 Å². The van der Waals surface area contributed by atoms with E-state index in [9.17, 15) is 4.79 Å². The van der Waals surface area contributed by atoms with Crippen molar-refractivity contribution in [1.82, 2.24) is 9.97 Å². The Morgan fingerprint density at radius 2 is 2.08 bits per heavy atom. The second-order valence-corrected chi connectivity index (χ2v) is 7.34. The lowest BCUT2D eigenvalue weighted by atomic mass is 9.85. The van der Waals surface area contributed by atoms with E-state index < -0.39 is 0 Å². The Balaban J connectivity index is 1.51. The number of nitrogens with zero attached hydrogens (tertiary/aromatic N) is 2. The molecule has 26 heavy (non-hydrogen) atoms. The maximum absolute atomic E-state index is 12.5. The topological polar surface area (TPSA) is 64.1 Å². The van der Waals surface area contributed by atoms with Crippen LogP contribution in [0.2, 0.25) is 0 Å². The van der Waals surface area contributed by atoms with Crippen LogP contribution in [0.15, 0.2) is 48.7 Å². The van der Waals surface area contributed by atoms with E-state index in [1.807, 2.05) is 6.07 Å². The highest BCUT2D eigenvalue weighted by molar-refractivity contribution is 7.15. The molecule has 0 spiro atoms. The van der Waals surface area contributed by atoms with Crippen LogP contribution in [-0.4, -0.2) is 23.0 Å². The zero-order valence-corrected chi connectivity index (χ0v) is 15.3. The third-order valence-corrected chi connectivity index (χ3v) is 5.68. The molecule has 0 fully saturated rings. The molecule has 2 aromatic heterocycles. The number of nitrogens with one attached hydrogen (secondary N) is 1. The first-order valence-electron chi connectivity index (χ1n) is 8.58. The number of hydrogen-bond donors (Lipinski definition) is 1. The van der Waals surface area contributed by atoms with Crippen LogP contribution in [0.25, 0.3) is 0 Å². The summed E-state index contributed by atoms with van der Waals surface area (Å²) in [5.74, 6) is 0.585. The van der Waals surface area contributed by atoms with Crippen molar-refractivity contribution < 1.29 is 9.53 Å². The summed E-state index contributed by atoms with van der Waals surface area (Å²) in [7, 11) is 1.50. The molecule has 0 aliphatic heterocycles. The van der Waals surface area contributed by atoms with Crippen LogP contribution in [0.5, 0.6) is 5.88 Å². The smallest absolute Gasteiger partial charge is 0.262 e. The van der Waals surface area contributed by atoms with Crippen LogP contribution < -0.4 is 10.1 Å². The molecule has 1 N–H and O–H groups in total. The minimum atomic E-state index is -0.249. The average Bonchev–Trinajstić information content (AvgIpc) is 3.09. The van der Waals surface area contributed by atoms with Crippen LogP contribution in [0.3, 0.4) is 0 Å².